The van der Waals surface area contributed by atoms with E-state index in [1.807, 2.05) is 0 Å². The van der Waals surface area contributed by atoms with Gasteiger partial charge in [-0.15, -0.1) is 0 Å². The van der Waals surface area contributed by atoms with Crippen molar-refractivity contribution in [1.82, 2.24) is 4.98 Å². The van der Waals surface area contributed by atoms with E-state index in [9.17, 15) is 9.18 Å². The average Bonchev–Trinajstić information content (AvgIpc) is 2.36. The fourth-order valence-corrected chi connectivity index (χ4v) is 2.25. The van der Waals surface area contributed by atoms with Crippen LogP contribution >= 0.6 is 34.8 Å². The Morgan fingerprint density at radius 1 is 1.21 bits per heavy atom. The van der Waals surface area contributed by atoms with Crippen LogP contribution in [0.1, 0.15) is 10.4 Å². The number of rotatable bonds is 2. The highest BCUT2D eigenvalue weighted by atomic mass is 35.5. The Labute approximate surface area is 122 Å². The summed E-state index contributed by atoms with van der Waals surface area (Å²) in [6.07, 6.45) is 0.884. The quantitative estimate of drug-likeness (QED) is 0.826. The fraction of sp³-hybridized carbons (Fsp3) is 0. The first-order valence-electron chi connectivity index (χ1n) is 4.94. The molecule has 2 aromatic rings. The molecule has 0 aliphatic rings. The number of nitrogens with zero attached hydrogens (tertiary/aromatic N) is 1. The number of aromatic nitrogens is 1. The van der Waals surface area contributed by atoms with E-state index in [0.29, 0.717) is 0 Å². The van der Waals surface area contributed by atoms with Crippen LogP contribution < -0.4 is 0 Å². The van der Waals surface area contributed by atoms with E-state index in [1.54, 1.807) is 0 Å². The van der Waals surface area contributed by atoms with E-state index < -0.39 is 11.8 Å². The molecule has 0 saturated heterocycles. The molecule has 0 unspecified atom stereocenters. The summed E-state index contributed by atoms with van der Waals surface area (Å²) in [5, 5.41) is 9.52. The van der Waals surface area contributed by atoms with Gasteiger partial charge in [0.2, 0.25) is 0 Å². The minimum Gasteiger partial charge on any atom is -0.478 e. The monoisotopic (exact) mass is 319 g/mol. The van der Waals surface area contributed by atoms with Crippen LogP contribution in [0, 0.1) is 5.82 Å². The molecule has 1 N–H and O–H groups in total. The van der Waals surface area contributed by atoms with E-state index in [2.05, 4.69) is 4.98 Å². The van der Waals surface area contributed by atoms with Crippen molar-refractivity contribution in [3.63, 3.8) is 0 Å². The molecular weight excluding hydrogens is 315 g/mol. The van der Waals surface area contributed by atoms with Gasteiger partial charge in [-0.05, 0) is 18.2 Å². The third-order valence-electron chi connectivity index (χ3n) is 2.37. The zero-order valence-electron chi connectivity index (χ0n) is 9.12. The van der Waals surface area contributed by atoms with Crippen molar-refractivity contribution in [3.8, 4) is 11.3 Å². The summed E-state index contributed by atoms with van der Waals surface area (Å²) < 4.78 is 13.1. The van der Waals surface area contributed by atoms with Crippen molar-refractivity contribution in [3.05, 3.63) is 50.8 Å². The fourth-order valence-electron chi connectivity index (χ4n) is 1.55. The van der Waals surface area contributed by atoms with Crippen molar-refractivity contribution in [1.29, 1.82) is 0 Å². The first-order valence-corrected chi connectivity index (χ1v) is 6.08. The van der Waals surface area contributed by atoms with Crippen molar-refractivity contribution in [2.24, 2.45) is 0 Å². The molecule has 19 heavy (non-hydrogen) atoms. The summed E-state index contributed by atoms with van der Waals surface area (Å²) >= 11 is 17.8. The van der Waals surface area contributed by atoms with E-state index in [1.165, 1.54) is 12.1 Å². The zero-order valence-corrected chi connectivity index (χ0v) is 11.4. The van der Waals surface area contributed by atoms with E-state index in [-0.39, 0.29) is 31.9 Å². The highest BCUT2D eigenvalue weighted by Crippen LogP contribution is 2.39. The molecule has 0 fully saturated rings. The van der Waals surface area contributed by atoms with Gasteiger partial charge in [-0.2, -0.15) is 0 Å². The maximum absolute atomic E-state index is 13.1. The van der Waals surface area contributed by atoms with Crippen LogP contribution in [0.3, 0.4) is 0 Å². The van der Waals surface area contributed by atoms with Gasteiger partial charge in [0, 0.05) is 5.56 Å². The molecule has 0 spiro atoms. The normalized spacial score (nSPS) is 10.5. The second-order valence-corrected chi connectivity index (χ2v) is 4.77. The summed E-state index contributed by atoms with van der Waals surface area (Å²) in [6.45, 7) is 0. The second-order valence-electron chi connectivity index (χ2n) is 3.57. The highest BCUT2D eigenvalue weighted by molar-refractivity contribution is 6.46. The van der Waals surface area contributed by atoms with E-state index in [4.69, 9.17) is 39.9 Å². The largest absolute Gasteiger partial charge is 0.478 e. The van der Waals surface area contributed by atoms with Gasteiger partial charge in [0.05, 0.1) is 32.5 Å². The van der Waals surface area contributed by atoms with Crippen LogP contribution in [-0.4, -0.2) is 16.1 Å². The van der Waals surface area contributed by atoms with Crippen molar-refractivity contribution in [2.75, 3.05) is 0 Å². The predicted octanol–water partition coefficient (Wildman–Crippen LogP) is 4.55. The minimum absolute atomic E-state index is 0.0357. The van der Waals surface area contributed by atoms with Gasteiger partial charge in [0.15, 0.2) is 0 Å². The topological polar surface area (TPSA) is 50.2 Å². The lowest BCUT2D eigenvalue weighted by Crippen LogP contribution is -2.03. The number of carboxylic acids is 1. The number of carbonyl (C=O) groups is 1. The molecule has 2 rings (SSSR count). The average molecular weight is 321 g/mol. The summed E-state index contributed by atoms with van der Waals surface area (Å²) in [5.74, 6) is -2.11. The highest BCUT2D eigenvalue weighted by Gasteiger charge is 2.20. The molecule has 0 aliphatic heterocycles. The van der Waals surface area contributed by atoms with Gasteiger partial charge in [0.25, 0.3) is 0 Å². The SMILES string of the molecule is O=C(O)c1cc(F)cnc1-c1c(Cl)ccc(Cl)c1Cl. The second kappa shape index (κ2) is 5.33. The summed E-state index contributed by atoms with van der Waals surface area (Å²) in [4.78, 5) is 14.9. The smallest absolute Gasteiger partial charge is 0.338 e. The lowest BCUT2D eigenvalue weighted by atomic mass is 10.1. The molecule has 1 heterocycles. The Bertz CT molecular complexity index is 676. The number of hydrogen-bond donors (Lipinski definition) is 1. The lowest BCUT2D eigenvalue weighted by Gasteiger charge is -2.10. The molecule has 0 saturated carbocycles. The molecule has 3 nitrogen and oxygen atoms in total. The van der Waals surface area contributed by atoms with Gasteiger partial charge >= 0.3 is 5.97 Å². The van der Waals surface area contributed by atoms with Gasteiger partial charge in [-0.25, -0.2) is 9.18 Å². The molecule has 0 amide bonds. The number of carboxylic acid groups (broad SMARTS) is 1. The Hall–Kier alpha value is -1.36. The van der Waals surface area contributed by atoms with E-state index in [0.717, 1.165) is 12.3 Å². The first-order chi connectivity index (χ1) is 8.91. The molecule has 0 bridgehead atoms. The summed E-state index contributed by atoms with van der Waals surface area (Å²) in [6, 6.07) is 3.78. The van der Waals surface area contributed by atoms with Gasteiger partial charge in [-0.3, -0.25) is 4.98 Å². The minimum atomic E-state index is -1.34. The van der Waals surface area contributed by atoms with Crippen LogP contribution in [0.15, 0.2) is 24.4 Å². The molecule has 0 atom stereocenters. The summed E-state index contributed by atoms with van der Waals surface area (Å²) in [7, 11) is 0. The molecule has 1 aromatic heterocycles. The number of halogens is 4. The standard InChI is InChI=1S/C12H5Cl3FNO2/c13-7-1-2-8(14)10(15)9(7)11-6(12(18)19)3-5(16)4-17-11/h1-4H,(H,18,19). The van der Waals surface area contributed by atoms with Crippen molar-refractivity contribution < 1.29 is 14.3 Å². The Balaban J connectivity index is 2.79. The van der Waals surface area contributed by atoms with Crippen LogP contribution in [-0.2, 0) is 0 Å². The third-order valence-corrected chi connectivity index (χ3v) is 3.48. The third kappa shape index (κ3) is 2.66. The first kappa shape index (κ1) is 14.1. The molecule has 98 valence electrons. The summed E-state index contributed by atoms with van der Waals surface area (Å²) in [5.41, 5.74) is -0.217. The Kier molecular flexibility index (Phi) is 3.94. The van der Waals surface area contributed by atoms with Crippen LogP contribution in [0.5, 0.6) is 0 Å². The number of hydrogen-bond acceptors (Lipinski definition) is 2. The Morgan fingerprint density at radius 2 is 1.84 bits per heavy atom. The Morgan fingerprint density at radius 3 is 2.47 bits per heavy atom. The molecule has 0 radical (unpaired) electrons. The van der Waals surface area contributed by atoms with E-state index >= 15 is 0 Å². The number of benzene rings is 1. The lowest BCUT2D eigenvalue weighted by molar-refractivity contribution is 0.0697. The maximum atomic E-state index is 13.1. The van der Waals surface area contributed by atoms with Gasteiger partial charge in [0.1, 0.15) is 5.82 Å². The predicted molar refractivity (Wildman–Crippen MR) is 71.6 cm³/mol. The molecule has 0 aliphatic carbocycles. The van der Waals surface area contributed by atoms with Crippen LogP contribution in [0.25, 0.3) is 11.3 Å². The molecule has 1 aromatic carbocycles. The van der Waals surface area contributed by atoms with Crippen molar-refractivity contribution in [2.45, 2.75) is 0 Å². The number of aromatic carboxylic acids is 1. The molecule has 7 heteroatoms. The maximum Gasteiger partial charge on any atom is 0.338 e. The van der Waals surface area contributed by atoms with Gasteiger partial charge < -0.3 is 5.11 Å². The van der Waals surface area contributed by atoms with Crippen LogP contribution in [0.4, 0.5) is 4.39 Å². The zero-order chi connectivity index (χ0) is 14.2. The van der Waals surface area contributed by atoms with Crippen molar-refractivity contribution >= 4 is 40.8 Å². The molecular formula is C12H5Cl3FNO2. The number of pyridine rings is 1. The van der Waals surface area contributed by atoms with Crippen LogP contribution in [0.2, 0.25) is 15.1 Å². The van der Waals surface area contributed by atoms with Gasteiger partial charge in [-0.1, -0.05) is 34.8 Å².